The van der Waals surface area contributed by atoms with E-state index < -0.39 is 5.60 Å². The predicted molar refractivity (Wildman–Crippen MR) is 69.1 cm³/mol. The van der Waals surface area contributed by atoms with E-state index in [0.29, 0.717) is 6.04 Å². The summed E-state index contributed by atoms with van der Waals surface area (Å²) in [6, 6.07) is 0.767. The number of ether oxygens (including phenoxy) is 1. The summed E-state index contributed by atoms with van der Waals surface area (Å²) in [5, 5.41) is 2.88. The highest BCUT2D eigenvalue weighted by atomic mass is 16.6. The van der Waals surface area contributed by atoms with Gasteiger partial charge in [-0.3, -0.25) is 4.90 Å². The number of hydrogen-bond acceptors (Lipinski definition) is 3. The molecule has 1 amide bonds. The van der Waals surface area contributed by atoms with Crippen LogP contribution < -0.4 is 5.32 Å². The lowest BCUT2D eigenvalue weighted by atomic mass is 10.2. The molecule has 0 unspecified atom stereocenters. The van der Waals surface area contributed by atoms with Crippen molar-refractivity contribution in [2.75, 3.05) is 13.1 Å². The van der Waals surface area contributed by atoms with Crippen LogP contribution in [0.15, 0.2) is 0 Å². The largest absolute Gasteiger partial charge is 0.444 e. The molecule has 17 heavy (non-hydrogen) atoms. The fourth-order valence-corrected chi connectivity index (χ4v) is 2.17. The predicted octanol–water partition coefficient (Wildman–Crippen LogP) is 2.38. The minimum atomic E-state index is -0.426. The zero-order valence-electron chi connectivity index (χ0n) is 11.7. The monoisotopic (exact) mass is 242 g/mol. The number of alkyl carbamates (subject to hydrolysis) is 1. The minimum Gasteiger partial charge on any atom is -0.444 e. The topological polar surface area (TPSA) is 41.6 Å². The van der Waals surface area contributed by atoms with Gasteiger partial charge in [0.05, 0.1) is 0 Å². The average molecular weight is 242 g/mol. The zero-order chi connectivity index (χ0) is 13.1. The molecule has 0 bridgehead atoms. The molecule has 0 saturated carbocycles. The lowest BCUT2D eigenvalue weighted by molar-refractivity contribution is 0.0496. The second kappa shape index (κ2) is 5.71. The first kappa shape index (κ1) is 14.3. The van der Waals surface area contributed by atoms with Crippen LogP contribution >= 0.6 is 0 Å². The first-order chi connectivity index (χ1) is 7.78. The SMILES string of the molecule is C[C@H](CN1CCC[C@@H]1C)NC(=O)OC(C)(C)C. The second-order valence-electron chi connectivity index (χ2n) is 6.03. The lowest BCUT2D eigenvalue weighted by Crippen LogP contribution is -2.44. The Morgan fingerprint density at radius 1 is 1.53 bits per heavy atom. The quantitative estimate of drug-likeness (QED) is 0.826. The Labute approximate surface area is 105 Å². The van der Waals surface area contributed by atoms with Gasteiger partial charge in [0.25, 0.3) is 0 Å². The zero-order valence-corrected chi connectivity index (χ0v) is 11.7. The molecule has 0 aromatic rings. The summed E-state index contributed by atoms with van der Waals surface area (Å²) in [4.78, 5) is 14.0. The summed E-state index contributed by atoms with van der Waals surface area (Å²) in [6.45, 7) is 11.9. The molecule has 100 valence electrons. The fraction of sp³-hybridized carbons (Fsp3) is 0.923. The van der Waals surface area contributed by atoms with Crippen molar-refractivity contribution in [3.63, 3.8) is 0 Å². The van der Waals surface area contributed by atoms with E-state index in [9.17, 15) is 4.79 Å². The Morgan fingerprint density at radius 3 is 2.65 bits per heavy atom. The van der Waals surface area contributed by atoms with Crippen molar-refractivity contribution in [2.45, 2.75) is 65.1 Å². The lowest BCUT2D eigenvalue weighted by Gasteiger charge is -2.26. The first-order valence-electron chi connectivity index (χ1n) is 6.51. The molecule has 1 rings (SSSR count). The molecule has 4 nitrogen and oxygen atoms in total. The van der Waals surface area contributed by atoms with E-state index in [1.165, 1.54) is 12.8 Å². The first-order valence-corrected chi connectivity index (χ1v) is 6.51. The maximum atomic E-state index is 11.6. The van der Waals surface area contributed by atoms with Crippen LogP contribution in [-0.4, -0.2) is 41.8 Å². The van der Waals surface area contributed by atoms with E-state index in [1.807, 2.05) is 27.7 Å². The molecule has 1 fully saturated rings. The van der Waals surface area contributed by atoms with Gasteiger partial charge < -0.3 is 10.1 Å². The number of hydrogen-bond donors (Lipinski definition) is 1. The van der Waals surface area contributed by atoms with Crippen LogP contribution in [0.4, 0.5) is 4.79 Å². The average Bonchev–Trinajstić information content (AvgIpc) is 2.47. The van der Waals surface area contributed by atoms with Gasteiger partial charge in [-0.15, -0.1) is 0 Å². The Bertz CT molecular complexity index is 261. The van der Waals surface area contributed by atoms with Crippen LogP contribution in [0.5, 0.6) is 0 Å². The third-order valence-corrected chi connectivity index (χ3v) is 2.96. The molecule has 0 aromatic carbocycles. The van der Waals surface area contributed by atoms with Crippen molar-refractivity contribution in [2.24, 2.45) is 0 Å². The Balaban J connectivity index is 2.29. The summed E-state index contributed by atoms with van der Waals surface area (Å²) in [5.41, 5.74) is -0.426. The van der Waals surface area contributed by atoms with Crippen molar-refractivity contribution < 1.29 is 9.53 Å². The normalized spacial score (nSPS) is 23.5. The van der Waals surface area contributed by atoms with Gasteiger partial charge in [0.2, 0.25) is 0 Å². The fourth-order valence-electron chi connectivity index (χ4n) is 2.17. The number of nitrogens with zero attached hydrogens (tertiary/aromatic N) is 1. The van der Waals surface area contributed by atoms with Crippen LogP contribution in [0.2, 0.25) is 0 Å². The summed E-state index contributed by atoms with van der Waals surface area (Å²) < 4.78 is 5.23. The maximum Gasteiger partial charge on any atom is 0.407 e. The highest BCUT2D eigenvalue weighted by Gasteiger charge is 2.23. The van der Waals surface area contributed by atoms with E-state index in [2.05, 4.69) is 17.1 Å². The number of amides is 1. The maximum absolute atomic E-state index is 11.6. The summed E-state index contributed by atoms with van der Waals surface area (Å²) in [6.07, 6.45) is 2.20. The van der Waals surface area contributed by atoms with Crippen LogP contribution in [0.25, 0.3) is 0 Å². The number of rotatable bonds is 3. The Hall–Kier alpha value is -0.770. The van der Waals surface area contributed by atoms with E-state index >= 15 is 0 Å². The van der Waals surface area contributed by atoms with E-state index in [4.69, 9.17) is 4.74 Å². The molecule has 0 aliphatic carbocycles. The van der Waals surface area contributed by atoms with Crippen LogP contribution in [0.3, 0.4) is 0 Å². The van der Waals surface area contributed by atoms with Gasteiger partial charge in [-0.2, -0.15) is 0 Å². The van der Waals surface area contributed by atoms with Crippen LogP contribution in [0, 0.1) is 0 Å². The van der Waals surface area contributed by atoms with Crippen LogP contribution in [-0.2, 0) is 4.74 Å². The molecule has 1 aliphatic heterocycles. The highest BCUT2D eigenvalue weighted by Crippen LogP contribution is 2.16. The van der Waals surface area contributed by atoms with Crippen molar-refractivity contribution in [1.29, 1.82) is 0 Å². The molecule has 2 atom stereocenters. The van der Waals surface area contributed by atoms with Crippen molar-refractivity contribution in [1.82, 2.24) is 10.2 Å². The second-order valence-corrected chi connectivity index (χ2v) is 6.03. The van der Waals surface area contributed by atoms with Gasteiger partial charge in [0.1, 0.15) is 5.60 Å². The molecule has 0 aromatic heterocycles. The van der Waals surface area contributed by atoms with Gasteiger partial charge in [-0.25, -0.2) is 4.79 Å². The van der Waals surface area contributed by atoms with Crippen molar-refractivity contribution in [3.05, 3.63) is 0 Å². The molecule has 0 radical (unpaired) electrons. The third-order valence-electron chi connectivity index (χ3n) is 2.96. The molecular formula is C13H26N2O2. The molecule has 1 heterocycles. The van der Waals surface area contributed by atoms with Gasteiger partial charge in [0, 0.05) is 18.6 Å². The van der Waals surface area contributed by atoms with Crippen molar-refractivity contribution in [3.8, 4) is 0 Å². The van der Waals surface area contributed by atoms with E-state index in [1.54, 1.807) is 0 Å². The van der Waals surface area contributed by atoms with Gasteiger partial charge in [-0.1, -0.05) is 0 Å². The Morgan fingerprint density at radius 2 is 2.18 bits per heavy atom. The highest BCUT2D eigenvalue weighted by molar-refractivity contribution is 5.68. The summed E-state index contributed by atoms with van der Waals surface area (Å²) in [7, 11) is 0. The van der Waals surface area contributed by atoms with E-state index in [-0.39, 0.29) is 12.1 Å². The molecule has 4 heteroatoms. The standard InChI is InChI=1S/C13H26N2O2/c1-10(9-15-8-6-7-11(15)2)14-12(16)17-13(3,4)5/h10-11H,6-9H2,1-5H3,(H,14,16)/t10-,11+/m1/s1. The van der Waals surface area contributed by atoms with Gasteiger partial charge in [-0.05, 0) is 54.0 Å². The summed E-state index contributed by atoms with van der Waals surface area (Å²) in [5.74, 6) is 0. The minimum absolute atomic E-state index is 0.130. The van der Waals surface area contributed by atoms with Crippen molar-refractivity contribution >= 4 is 6.09 Å². The Kier molecular flexibility index (Phi) is 4.80. The molecular weight excluding hydrogens is 216 g/mol. The van der Waals surface area contributed by atoms with Crippen LogP contribution in [0.1, 0.15) is 47.5 Å². The summed E-state index contributed by atoms with van der Waals surface area (Å²) >= 11 is 0. The molecule has 1 saturated heterocycles. The number of nitrogens with one attached hydrogen (secondary N) is 1. The molecule has 1 aliphatic rings. The van der Waals surface area contributed by atoms with E-state index in [0.717, 1.165) is 13.1 Å². The number of likely N-dealkylation sites (tertiary alicyclic amines) is 1. The van der Waals surface area contributed by atoms with Gasteiger partial charge >= 0.3 is 6.09 Å². The van der Waals surface area contributed by atoms with Gasteiger partial charge in [0.15, 0.2) is 0 Å². The number of carbonyl (C=O) groups is 1. The molecule has 0 spiro atoms. The number of carbonyl (C=O) groups excluding carboxylic acids is 1. The third kappa shape index (κ3) is 5.39. The smallest absolute Gasteiger partial charge is 0.407 e. The molecule has 1 N–H and O–H groups in total.